The molecule has 0 bridgehead atoms. The molecule has 0 atom stereocenters. The van der Waals surface area contributed by atoms with Crippen molar-refractivity contribution in [3.63, 3.8) is 0 Å². The number of hydrogen-bond acceptors (Lipinski definition) is 0. The molecular weight excluding hydrogens is 446 g/mol. The second kappa shape index (κ2) is 7.81. The minimum absolute atomic E-state index is 1.17. The summed E-state index contributed by atoms with van der Waals surface area (Å²) in [5.74, 6) is 0. The number of nitrogens with one attached hydrogen (secondary N) is 1. The fraction of sp³-hybridized carbons (Fsp3) is 0. The van der Waals surface area contributed by atoms with E-state index in [0.717, 1.165) is 0 Å². The molecule has 8 aromatic rings. The highest BCUT2D eigenvalue weighted by atomic mass is 14.7. The summed E-state index contributed by atoms with van der Waals surface area (Å²) < 4.78 is 0. The van der Waals surface area contributed by atoms with Crippen LogP contribution in [0.15, 0.2) is 133 Å². The maximum Gasteiger partial charge on any atom is 0.0544 e. The molecule has 0 amide bonds. The van der Waals surface area contributed by atoms with E-state index in [9.17, 15) is 0 Å². The van der Waals surface area contributed by atoms with Gasteiger partial charge in [-0.1, -0.05) is 121 Å². The van der Waals surface area contributed by atoms with Crippen LogP contribution in [0, 0.1) is 0 Å². The van der Waals surface area contributed by atoms with E-state index in [4.69, 9.17) is 0 Å². The van der Waals surface area contributed by atoms with Crippen molar-refractivity contribution in [2.24, 2.45) is 0 Å². The highest BCUT2D eigenvalue weighted by Gasteiger charge is 2.17. The second-order valence-electron chi connectivity index (χ2n) is 9.80. The molecule has 1 nitrogen and oxygen atoms in total. The Morgan fingerprint density at radius 3 is 1.59 bits per heavy atom. The van der Waals surface area contributed by atoms with E-state index in [2.05, 4.69) is 138 Å². The zero-order chi connectivity index (χ0) is 24.3. The minimum Gasteiger partial charge on any atom is -0.354 e. The van der Waals surface area contributed by atoms with Crippen LogP contribution in [0.25, 0.3) is 76.4 Å². The average Bonchev–Trinajstić information content (AvgIpc) is 3.35. The van der Waals surface area contributed by atoms with Crippen LogP contribution < -0.4 is 0 Å². The number of H-pyrrole nitrogens is 1. The van der Waals surface area contributed by atoms with Gasteiger partial charge in [0.05, 0.1) is 5.52 Å². The first kappa shape index (κ1) is 20.3. The van der Waals surface area contributed by atoms with E-state index in [1.54, 1.807) is 0 Å². The van der Waals surface area contributed by atoms with E-state index in [0.29, 0.717) is 0 Å². The van der Waals surface area contributed by atoms with Crippen molar-refractivity contribution in [3.05, 3.63) is 133 Å². The molecule has 172 valence electrons. The van der Waals surface area contributed by atoms with Gasteiger partial charge in [-0.15, -0.1) is 0 Å². The Labute approximate surface area is 214 Å². The van der Waals surface area contributed by atoms with Crippen molar-refractivity contribution >= 4 is 54.1 Å². The molecule has 1 heterocycles. The quantitative estimate of drug-likeness (QED) is 0.242. The molecule has 0 spiro atoms. The summed E-state index contributed by atoms with van der Waals surface area (Å²) in [4.78, 5) is 3.70. The zero-order valence-corrected chi connectivity index (χ0v) is 20.2. The van der Waals surface area contributed by atoms with E-state index in [-0.39, 0.29) is 0 Å². The molecule has 8 rings (SSSR count). The number of aromatic nitrogens is 1. The highest BCUT2D eigenvalue weighted by molar-refractivity contribution is 6.23. The van der Waals surface area contributed by atoms with Crippen molar-refractivity contribution in [2.75, 3.05) is 0 Å². The van der Waals surface area contributed by atoms with Gasteiger partial charge in [0.15, 0.2) is 0 Å². The van der Waals surface area contributed by atoms with Crippen LogP contribution in [0.5, 0.6) is 0 Å². The maximum absolute atomic E-state index is 3.70. The molecule has 37 heavy (non-hydrogen) atoms. The molecule has 0 aliphatic rings. The summed E-state index contributed by atoms with van der Waals surface area (Å²) in [6.45, 7) is 0. The van der Waals surface area contributed by atoms with E-state index in [1.807, 2.05) is 0 Å². The summed E-state index contributed by atoms with van der Waals surface area (Å²) in [6, 6.07) is 48.5. The van der Waals surface area contributed by atoms with Crippen LogP contribution in [-0.2, 0) is 0 Å². The van der Waals surface area contributed by atoms with Gasteiger partial charge in [0.1, 0.15) is 0 Å². The van der Waals surface area contributed by atoms with Crippen LogP contribution in [0.1, 0.15) is 0 Å². The first-order valence-corrected chi connectivity index (χ1v) is 12.8. The third-order valence-electron chi connectivity index (χ3n) is 7.78. The summed E-state index contributed by atoms with van der Waals surface area (Å²) in [7, 11) is 0. The molecule has 1 aromatic heterocycles. The molecule has 1 heteroatoms. The lowest BCUT2D eigenvalue weighted by molar-refractivity contribution is 1.56. The molecular formula is C36H23N. The third kappa shape index (κ3) is 2.98. The summed E-state index contributed by atoms with van der Waals surface area (Å²) >= 11 is 0. The number of rotatable bonds is 2. The lowest BCUT2D eigenvalue weighted by Gasteiger charge is -2.17. The van der Waals surface area contributed by atoms with Gasteiger partial charge >= 0.3 is 0 Å². The Morgan fingerprint density at radius 1 is 0.351 bits per heavy atom. The molecule has 0 radical (unpaired) electrons. The van der Waals surface area contributed by atoms with Crippen molar-refractivity contribution in [2.45, 2.75) is 0 Å². The van der Waals surface area contributed by atoms with Crippen molar-refractivity contribution in [1.82, 2.24) is 4.98 Å². The molecule has 0 saturated heterocycles. The average molecular weight is 470 g/mol. The molecule has 0 unspecified atom stereocenters. The Bertz CT molecular complexity index is 2070. The van der Waals surface area contributed by atoms with Crippen LogP contribution in [-0.4, -0.2) is 4.98 Å². The van der Waals surface area contributed by atoms with Crippen molar-refractivity contribution in [1.29, 1.82) is 0 Å². The predicted molar refractivity (Wildman–Crippen MR) is 159 cm³/mol. The third-order valence-corrected chi connectivity index (χ3v) is 7.78. The molecule has 0 saturated carbocycles. The highest BCUT2D eigenvalue weighted by Crippen LogP contribution is 2.44. The maximum atomic E-state index is 3.70. The van der Waals surface area contributed by atoms with Gasteiger partial charge < -0.3 is 4.98 Å². The van der Waals surface area contributed by atoms with Gasteiger partial charge in [0, 0.05) is 21.7 Å². The summed E-state index contributed by atoms with van der Waals surface area (Å²) in [5, 5.41) is 10.2. The second-order valence-corrected chi connectivity index (χ2v) is 9.80. The van der Waals surface area contributed by atoms with Crippen LogP contribution in [0.2, 0.25) is 0 Å². The van der Waals surface area contributed by atoms with Crippen LogP contribution >= 0.6 is 0 Å². The molecule has 0 aliphatic heterocycles. The number of aromatic amines is 1. The van der Waals surface area contributed by atoms with E-state index < -0.39 is 0 Å². The predicted octanol–water partition coefficient (Wildman–Crippen LogP) is 10.1. The lowest BCUT2D eigenvalue weighted by atomic mass is 9.86. The fourth-order valence-electron chi connectivity index (χ4n) is 6.15. The van der Waals surface area contributed by atoms with Crippen LogP contribution in [0.3, 0.4) is 0 Å². The lowest BCUT2D eigenvalue weighted by Crippen LogP contribution is -1.90. The Kier molecular flexibility index (Phi) is 4.29. The van der Waals surface area contributed by atoms with Gasteiger partial charge in [0.2, 0.25) is 0 Å². The Balaban J connectivity index is 1.48. The normalized spacial score (nSPS) is 11.8. The minimum atomic E-state index is 1.17. The van der Waals surface area contributed by atoms with Crippen molar-refractivity contribution < 1.29 is 0 Å². The van der Waals surface area contributed by atoms with Gasteiger partial charge in [-0.2, -0.15) is 0 Å². The summed E-state index contributed by atoms with van der Waals surface area (Å²) in [5.41, 5.74) is 7.47. The van der Waals surface area contributed by atoms with E-state index >= 15 is 0 Å². The first-order valence-electron chi connectivity index (χ1n) is 12.8. The molecule has 0 fully saturated rings. The zero-order valence-electron chi connectivity index (χ0n) is 20.2. The Hall–Kier alpha value is -4.88. The standard InChI is InChI=1S/C36H23N/c1-2-11-24(12-3-1)34-27-14-6-8-16-29(27)35(30-17-9-7-15-28(30)34)25-19-21-33-32(22-25)31-20-18-23-10-4-5-13-26(23)36(31)37-33/h1-22,37H. The number of hydrogen-bond donors (Lipinski definition) is 1. The van der Waals surface area contributed by atoms with Gasteiger partial charge in [-0.3, -0.25) is 0 Å². The van der Waals surface area contributed by atoms with Gasteiger partial charge in [-0.05, 0) is 61.3 Å². The summed E-state index contributed by atoms with van der Waals surface area (Å²) in [6.07, 6.45) is 0. The molecule has 1 N–H and O–H groups in total. The van der Waals surface area contributed by atoms with Gasteiger partial charge in [0.25, 0.3) is 0 Å². The topological polar surface area (TPSA) is 15.8 Å². The van der Waals surface area contributed by atoms with Gasteiger partial charge in [-0.25, -0.2) is 0 Å². The SMILES string of the molecule is c1ccc(-c2c3ccccc3c(-c3ccc4[nH]c5c6ccccc6ccc5c4c3)c3ccccc23)cc1. The fourth-order valence-corrected chi connectivity index (χ4v) is 6.15. The molecule has 0 aliphatic carbocycles. The Morgan fingerprint density at radius 2 is 0.919 bits per heavy atom. The number of benzene rings is 7. The van der Waals surface area contributed by atoms with E-state index in [1.165, 1.54) is 76.4 Å². The number of fused-ring (bicyclic) bond motifs is 7. The monoisotopic (exact) mass is 469 g/mol. The smallest absolute Gasteiger partial charge is 0.0544 e. The van der Waals surface area contributed by atoms with Crippen molar-refractivity contribution in [3.8, 4) is 22.3 Å². The first-order chi connectivity index (χ1) is 18.4. The molecule has 7 aromatic carbocycles. The van der Waals surface area contributed by atoms with Crippen LogP contribution in [0.4, 0.5) is 0 Å². The largest absolute Gasteiger partial charge is 0.354 e.